The molecule has 0 aliphatic heterocycles. The summed E-state index contributed by atoms with van der Waals surface area (Å²) in [6.45, 7) is 0. The van der Waals surface area contributed by atoms with Crippen LogP contribution in [0.4, 0.5) is 30.5 Å². The van der Waals surface area contributed by atoms with E-state index in [1.165, 1.54) is 12.1 Å². The van der Waals surface area contributed by atoms with E-state index in [2.05, 4.69) is 35.5 Å². The van der Waals surface area contributed by atoms with Crippen LogP contribution in [0.3, 0.4) is 0 Å². The van der Waals surface area contributed by atoms with Gasteiger partial charge in [0.15, 0.2) is 11.6 Å². The van der Waals surface area contributed by atoms with Crippen LogP contribution in [0.5, 0.6) is 0 Å². The molecule has 4 rings (SSSR count). The van der Waals surface area contributed by atoms with E-state index < -0.39 is 11.7 Å². The average molecular weight is 364 g/mol. The standard InChI is InChI=1S/C16H15F3N6O/c17-16(18,19)9-5-7-11(8-6-9)21-13-12(20-10-3-1-2-4-10)22-14-15(23-13)25-26-24-14/h5-8,10H,1-4H2,(H,20,22,24)(H,21,23,25). The van der Waals surface area contributed by atoms with E-state index in [0.29, 0.717) is 17.3 Å². The van der Waals surface area contributed by atoms with Crippen molar-refractivity contribution < 1.29 is 17.8 Å². The number of rotatable bonds is 4. The molecule has 0 radical (unpaired) electrons. The molecule has 0 unspecified atom stereocenters. The van der Waals surface area contributed by atoms with Crippen molar-refractivity contribution in [2.75, 3.05) is 10.6 Å². The van der Waals surface area contributed by atoms with Crippen molar-refractivity contribution >= 4 is 28.6 Å². The van der Waals surface area contributed by atoms with Gasteiger partial charge in [0.1, 0.15) is 0 Å². The molecule has 0 bridgehead atoms. The highest BCUT2D eigenvalue weighted by atomic mass is 19.4. The Morgan fingerprint density at radius 2 is 1.54 bits per heavy atom. The van der Waals surface area contributed by atoms with Crippen LogP contribution >= 0.6 is 0 Å². The molecule has 10 heteroatoms. The molecule has 7 nitrogen and oxygen atoms in total. The van der Waals surface area contributed by atoms with Crippen LogP contribution < -0.4 is 10.6 Å². The van der Waals surface area contributed by atoms with E-state index in [9.17, 15) is 13.2 Å². The van der Waals surface area contributed by atoms with Crippen molar-refractivity contribution in [1.29, 1.82) is 0 Å². The van der Waals surface area contributed by atoms with Crippen LogP contribution in [0.15, 0.2) is 28.9 Å². The molecular formula is C16H15F3N6O. The van der Waals surface area contributed by atoms with Crippen LogP contribution in [0, 0.1) is 0 Å². The van der Waals surface area contributed by atoms with E-state index >= 15 is 0 Å². The third-order valence-electron chi connectivity index (χ3n) is 4.29. The van der Waals surface area contributed by atoms with Gasteiger partial charge in [-0.25, -0.2) is 14.6 Å². The van der Waals surface area contributed by atoms with Gasteiger partial charge in [0.25, 0.3) is 0 Å². The molecule has 0 atom stereocenters. The average Bonchev–Trinajstić information content (AvgIpc) is 3.26. The summed E-state index contributed by atoms with van der Waals surface area (Å²) in [4.78, 5) is 8.69. The molecule has 1 aliphatic rings. The first-order valence-corrected chi connectivity index (χ1v) is 8.20. The molecule has 2 N–H and O–H groups in total. The van der Waals surface area contributed by atoms with Gasteiger partial charge in [-0.05, 0) is 47.4 Å². The van der Waals surface area contributed by atoms with Crippen LogP contribution in [-0.2, 0) is 6.18 Å². The van der Waals surface area contributed by atoms with Gasteiger partial charge in [-0.15, -0.1) is 0 Å². The molecule has 0 saturated heterocycles. The van der Waals surface area contributed by atoms with E-state index in [0.717, 1.165) is 37.8 Å². The maximum atomic E-state index is 12.7. The largest absolute Gasteiger partial charge is 0.416 e. The summed E-state index contributed by atoms with van der Waals surface area (Å²) >= 11 is 0. The lowest BCUT2D eigenvalue weighted by Gasteiger charge is -2.16. The molecule has 0 amide bonds. The number of benzene rings is 1. The molecule has 1 aromatic carbocycles. The molecule has 1 aliphatic carbocycles. The highest BCUT2D eigenvalue weighted by molar-refractivity contribution is 5.76. The summed E-state index contributed by atoms with van der Waals surface area (Å²) in [6, 6.07) is 4.98. The minimum absolute atomic E-state index is 0.219. The second-order valence-electron chi connectivity index (χ2n) is 6.16. The maximum Gasteiger partial charge on any atom is 0.416 e. The second-order valence-corrected chi connectivity index (χ2v) is 6.16. The number of hydrogen-bond donors (Lipinski definition) is 2. The van der Waals surface area contributed by atoms with E-state index in [4.69, 9.17) is 0 Å². The highest BCUT2D eigenvalue weighted by Gasteiger charge is 2.30. The van der Waals surface area contributed by atoms with Gasteiger partial charge >= 0.3 is 6.18 Å². The maximum absolute atomic E-state index is 12.7. The molecule has 3 aromatic rings. The van der Waals surface area contributed by atoms with Crippen LogP contribution in [-0.4, -0.2) is 26.3 Å². The minimum atomic E-state index is -4.38. The third-order valence-corrected chi connectivity index (χ3v) is 4.29. The minimum Gasteiger partial charge on any atom is -0.364 e. The van der Waals surface area contributed by atoms with Gasteiger partial charge in [-0.3, -0.25) is 0 Å². The van der Waals surface area contributed by atoms with Crippen molar-refractivity contribution in [2.24, 2.45) is 0 Å². The van der Waals surface area contributed by atoms with Crippen molar-refractivity contribution in [2.45, 2.75) is 37.9 Å². The fourth-order valence-electron chi connectivity index (χ4n) is 2.97. The van der Waals surface area contributed by atoms with Gasteiger partial charge in [0.05, 0.1) is 5.56 Å². The first-order valence-electron chi connectivity index (χ1n) is 8.20. The van der Waals surface area contributed by atoms with Gasteiger partial charge in [0, 0.05) is 11.7 Å². The Balaban J connectivity index is 1.63. The second kappa shape index (κ2) is 6.43. The van der Waals surface area contributed by atoms with Crippen LogP contribution in [0.1, 0.15) is 31.2 Å². The summed E-state index contributed by atoms with van der Waals surface area (Å²) in [7, 11) is 0. The predicted molar refractivity (Wildman–Crippen MR) is 88.0 cm³/mol. The van der Waals surface area contributed by atoms with Gasteiger partial charge in [-0.2, -0.15) is 13.2 Å². The Bertz CT molecular complexity index is 902. The normalized spacial score (nSPS) is 15.5. The van der Waals surface area contributed by atoms with Crippen molar-refractivity contribution in [3.63, 3.8) is 0 Å². The Kier molecular flexibility index (Phi) is 4.09. The third kappa shape index (κ3) is 3.39. The number of anilines is 3. The lowest BCUT2D eigenvalue weighted by molar-refractivity contribution is -0.137. The van der Waals surface area contributed by atoms with Gasteiger partial charge < -0.3 is 10.6 Å². The summed E-state index contributed by atoms with van der Waals surface area (Å²) in [5, 5.41) is 13.7. The van der Waals surface area contributed by atoms with Crippen LogP contribution in [0.25, 0.3) is 11.3 Å². The Morgan fingerprint density at radius 3 is 2.15 bits per heavy atom. The summed E-state index contributed by atoms with van der Waals surface area (Å²) in [5.74, 6) is 0.833. The number of alkyl halides is 3. The number of halogens is 3. The zero-order chi connectivity index (χ0) is 18.1. The number of aromatic nitrogens is 4. The fraction of sp³-hybridized carbons (Fsp3) is 0.375. The van der Waals surface area contributed by atoms with Crippen molar-refractivity contribution in [1.82, 2.24) is 20.3 Å². The zero-order valence-corrected chi connectivity index (χ0v) is 13.5. The Morgan fingerprint density at radius 1 is 0.923 bits per heavy atom. The number of hydrogen-bond acceptors (Lipinski definition) is 7. The number of fused-ring (bicyclic) bond motifs is 1. The van der Waals surface area contributed by atoms with E-state index in [1.807, 2.05) is 0 Å². The van der Waals surface area contributed by atoms with Crippen LogP contribution in [0.2, 0.25) is 0 Å². The predicted octanol–water partition coefficient (Wildman–Crippen LogP) is 4.13. The molecule has 0 spiro atoms. The monoisotopic (exact) mass is 364 g/mol. The molecule has 2 heterocycles. The molecule has 136 valence electrons. The first-order chi connectivity index (χ1) is 12.5. The summed E-state index contributed by atoms with van der Waals surface area (Å²) < 4.78 is 42.7. The SMILES string of the molecule is FC(F)(F)c1ccc(Nc2nc3nonc3nc2NC2CCCC2)cc1. The zero-order valence-electron chi connectivity index (χ0n) is 13.5. The van der Waals surface area contributed by atoms with Crippen molar-refractivity contribution in [3.8, 4) is 0 Å². The molecule has 2 aromatic heterocycles. The lowest BCUT2D eigenvalue weighted by Crippen LogP contribution is -2.17. The molecule has 1 saturated carbocycles. The fourth-order valence-corrected chi connectivity index (χ4v) is 2.97. The lowest BCUT2D eigenvalue weighted by atomic mass is 10.2. The topological polar surface area (TPSA) is 88.8 Å². The Labute approximate surface area is 146 Å². The van der Waals surface area contributed by atoms with Gasteiger partial charge in [0.2, 0.25) is 11.3 Å². The molecule has 1 fully saturated rings. The Hall–Kier alpha value is -2.91. The van der Waals surface area contributed by atoms with E-state index in [-0.39, 0.29) is 17.3 Å². The summed E-state index contributed by atoms with van der Waals surface area (Å²) in [6.07, 6.45) is -0.0487. The highest BCUT2D eigenvalue weighted by Crippen LogP contribution is 2.32. The van der Waals surface area contributed by atoms with Gasteiger partial charge in [-0.1, -0.05) is 12.8 Å². The first kappa shape index (κ1) is 16.6. The van der Waals surface area contributed by atoms with E-state index in [1.54, 1.807) is 0 Å². The smallest absolute Gasteiger partial charge is 0.364 e. The number of nitrogens with zero attached hydrogens (tertiary/aromatic N) is 4. The molecular weight excluding hydrogens is 349 g/mol. The quantitative estimate of drug-likeness (QED) is 0.719. The summed E-state index contributed by atoms with van der Waals surface area (Å²) in [5.41, 5.74) is 0.229. The molecule has 26 heavy (non-hydrogen) atoms. The van der Waals surface area contributed by atoms with Crippen molar-refractivity contribution in [3.05, 3.63) is 29.8 Å². The number of nitrogens with one attached hydrogen (secondary N) is 2.